The predicted molar refractivity (Wildman–Crippen MR) is 94.8 cm³/mol. The van der Waals surface area contributed by atoms with E-state index in [0.717, 1.165) is 16.9 Å². The number of carbonyl (C=O) groups is 1. The number of aromatic carboxylic acids is 1. The molecule has 3 rings (SSSR count). The predicted octanol–water partition coefficient (Wildman–Crippen LogP) is 4.70. The molecule has 0 aliphatic rings. The van der Waals surface area contributed by atoms with Gasteiger partial charge in [-0.05, 0) is 42.7 Å². The Morgan fingerprint density at radius 1 is 1.12 bits per heavy atom. The first-order valence-electron chi connectivity index (χ1n) is 7.51. The van der Waals surface area contributed by atoms with Gasteiger partial charge in [0, 0.05) is 10.9 Å². The monoisotopic (exact) mass is 339 g/mol. The van der Waals surface area contributed by atoms with Gasteiger partial charge in [0.25, 0.3) is 0 Å². The van der Waals surface area contributed by atoms with Gasteiger partial charge in [0.15, 0.2) is 5.69 Å². The normalized spacial score (nSPS) is 10.6. The molecule has 3 aromatic rings. The summed E-state index contributed by atoms with van der Waals surface area (Å²) in [5.74, 6) is -0.149. The minimum Gasteiger partial charge on any atom is -0.489 e. The molecule has 0 radical (unpaired) electrons. The largest absolute Gasteiger partial charge is 0.489 e. The van der Waals surface area contributed by atoms with Crippen LogP contribution in [0.5, 0.6) is 5.75 Å². The molecule has 0 spiro atoms. The Morgan fingerprint density at radius 2 is 1.88 bits per heavy atom. The molecular formula is C19H17NO3S. The van der Waals surface area contributed by atoms with E-state index in [9.17, 15) is 4.79 Å². The number of thiazole rings is 1. The molecule has 0 fully saturated rings. The number of aryl methyl sites for hydroxylation is 2. The Kier molecular flexibility index (Phi) is 4.62. The molecule has 5 heteroatoms. The first-order valence-corrected chi connectivity index (χ1v) is 8.39. The van der Waals surface area contributed by atoms with Crippen molar-refractivity contribution in [1.82, 2.24) is 4.98 Å². The first-order chi connectivity index (χ1) is 11.5. The van der Waals surface area contributed by atoms with Crippen LogP contribution in [0.15, 0.2) is 47.8 Å². The fourth-order valence-corrected chi connectivity index (χ4v) is 3.02. The number of hydrogen-bond donors (Lipinski definition) is 1. The second-order valence-corrected chi connectivity index (χ2v) is 6.43. The number of carboxylic acids is 1. The Balaban J connectivity index is 1.67. The maximum Gasteiger partial charge on any atom is 0.355 e. The molecule has 0 atom stereocenters. The van der Waals surface area contributed by atoms with E-state index >= 15 is 0 Å². The van der Waals surface area contributed by atoms with Crippen molar-refractivity contribution in [2.24, 2.45) is 0 Å². The van der Waals surface area contributed by atoms with E-state index in [1.54, 1.807) is 5.38 Å². The van der Waals surface area contributed by atoms with Crippen molar-refractivity contribution in [1.29, 1.82) is 0 Å². The third kappa shape index (κ3) is 3.63. The lowest BCUT2D eigenvalue weighted by Crippen LogP contribution is -1.96. The average molecular weight is 339 g/mol. The number of aromatic nitrogens is 1. The Hall–Kier alpha value is -2.66. The molecule has 1 N–H and O–H groups in total. The van der Waals surface area contributed by atoms with E-state index in [4.69, 9.17) is 9.84 Å². The number of nitrogens with zero attached hydrogens (tertiary/aromatic N) is 1. The number of ether oxygens (including phenoxy) is 1. The summed E-state index contributed by atoms with van der Waals surface area (Å²) in [5, 5.41) is 11.2. The van der Waals surface area contributed by atoms with Crippen LogP contribution in [0.4, 0.5) is 0 Å². The second kappa shape index (κ2) is 6.84. The molecule has 2 aromatic carbocycles. The summed E-state index contributed by atoms with van der Waals surface area (Å²) < 4.78 is 5.82. The zero-order chi connectivity index (χ0) is 17.1. The highest BCUT2D eigenvalue weighted by Gasteiger charge is 2.10. The molecular weight excluding hydrogens is 322 g/mol. The lowest BCUT2D eigenvalue weighted by Gasteiger charge is -2.08. The van der Waals surface area contributed by atoms with Crippen LogP contribution in [-0.2, 0) is 6.61 Å². The van der Waals surface area contributed by atoms with E-state index in [1.165, 1.54) is 22.5 Å². The summed E-state index contributed by atoms with van der Waals surface area (Å²) in [5.41, 5.74) is 4.49. The fraction of sp³-hybridized carbons (Fsp3) is 0.158. The van der Waals surface area contributed by atoms with Gasteiger partial charge < -0.3 is 9.84 Å². The number of benzene rings is 2. The van der Waals surface area contributed by atoms with Gasteiger partial charge in [-0.1, -0.05) is 30.3 Å². The van der Waals surface area contributed by atoms with Gasteiger partial charge in [-0.2, -0.15) is 0 Å². The van der Waals surface area contributed by atoms with Crippen molar-refractivity contribution in [3.05, 3.63) is 70.2 Å². The minimum absolute atomic E-state index is 0.0807. The molecule has 0 saturated carbocycles. The second-order valence-electron chi connectivity index (χ2n) is 5.57. The zero-order valence-electron chi connectivity index (χ0n) is 13.4. The van der Waals surface area contributed by atoms with Crippen molar-refractivity contribution in [3.8, 4) is 16.3 Å². The minimum atomic E-state index is -1.00. The maximum absolute atomic E-state index is 10.9. The Labute approximate surface area is 144 Å². The molecule has 4 nitrogen and oxygen atoms in total. The summed E-state index contributed by atoms with van der Waals surface area (Å²) in [4.78, 5) is 15.0. The summed E-state index contributed by atoms with van der Waals surface area (Å²) in [6.45, 7) is 4.63. The van der Waals surface area contributed by atoms with Crippen LogP contribution >= 0.6 is 11.3 Å². The fourth-order valence-electron chi connectivity index (χ4n) is 2.22. The van der Waals surface area contributed by atoms with Crippen molar-refractivity contribution < 1.29 is 14.6 Å². The summed E-state index contributed by atoms with van der Waals surface area (Å²) >= 11 is 1.33. The molecule has 24 heavy (non-hydrogen) atoms. The van der Waals surface area contributed by atoms with E-state index in [-0.39, 0.29) is 5.69 Å². The van der Waals surface area contributed by atoms with Crippen LogP contribution in [0.3, 0.4) is 0 Å². The third-order valence-corrected chi connectivity index (χ3v) is 4.70. The number of hydrogen-bond acceptors (Lipinski definition) is 4. The topological polar surface area (TPSA) is 59.4 Å². The van der Waals surface area contributed by atoms with Gasteiger partial charge in [-0.3, -0.25) is 0 Å². The van der Waals surface area contributed by atoms with Gasteiger partial charge in [0.2, 0.25) is 0 Å². The van der Waals surface area contributed by atoms with Crippen molar-refractivity contribution >= 4 is 17.3 Å². The van der Waals surface area contributed by atoms with Crippen LogP contribution in [-0.4, -0.2) is 16.1 Å². The van der Waals surface area contributed by atoms with E-state index < -0.39 is 5.97 Å². The molecule has 1 aromatic heterocycles. The Bertz CT molecular complexity index is 869. The Morgan fingerprint density at radius 3 is 2.50 bits per heavy atom. The van der Waals surface area contributed by atoms with Crippen LogP contribution in [0.2, 0.25) is 0 Å². The lowest BCUT2D eigenvalue weighted by molar-refractivity contribution is 0.0691. The maximum atomic E-state index is 10.9. The first kappa shape index (κ1) is 16.2. The smallest absolute Gasteiger partial charge is 0.355 e. The highest BCUT2D eigenvalue weighted by Crippen LogP contribution is 2.24. The van der Waals surface area contributed by atoms with Gasteiger partial charge in [0.05, 0.1) is 0 Å². The third-order valence-electron chi connectivity index (χ3n) is 3.81. The zero-order valence-corrected chi connectivity index (χ0v) is 14.3. The summed E-state index contributed by atoms with van der Waals surface area (Å²) in [6.07, 6.45) is 0. The molecule has 0 aliphatic heterocycles. The van der Waals surface area contributed by atoms with E-state index in [0.29, 0.717) is 11.6 Å². The van der Waals surface area contributed by atoms with Crippen LogP contribution in [0.25, 0.3) is 10.6 Å². The highest BCUT2D eigenvalue weighted by molar-refractivity contribution is 7.13. The van der Waals surface area contributed by atoms with Crippen molar-refractivity contribution in [2.75, 3.05) is 0 Å². The van der Waals surface area contributed by atoms with Crippen molar-refractivity contribution in [3.63, 3.8) is 0 Å². The van der Waals surface area contributed by atoms with Gasteiger partial charge in [-0.15, -0.1) is 11.3 Å². The molecule has 0 unspecified atom stereocenters. The van der Waals surface area contributed by atoms with Crippen LogP contribution in [0.1, 0.15) is 27.2 Å². The number of rotatable bonds is 5. The van der Waals surface area contributed by atoms with Gasteiger partial charge >= 0.3 is 5.97 Å². The highest BCUT2D eigenvalue weighted by atomic mass is 32.1. The van der Waals surface area contributed by atoms with Gasteiger partial charge in [-0.25, -0.2) is 9.78 Å². The van der Waals surface area contributed by atoms with Gasteiger partial charge in [0.1, 0.15) is 17.4 Å². The average Bonchev–Trinajstić information content (AvgIpc) is 3.07. The SMILES string of the molecule is Cc1ccc(OCc2ccc(-c3nc(C(=O)O)cs3)cc2)cc1C. The standard InChI is InChI=1S/C19H17NO3S/c1-12-3-8-16(9-13(12)2)23-10-14-4-6-15(7-5-14)18-20-17(11-24-18)19(21)22/h3-9,11H,10H2,1-2H3,(H,21,22). The molecule has 122 valence electrons. The number of carboxylic acid groups (broad SMARTS) is 1. The molecule has 0 saturated heterocycles. The van der Waals surface area contributed by atoms with Crippen LogP contribution < -0.4 is 4.74 Å². The molecule has 0 amide bonds. The molecule has 0 aliphatic carbocycles. The quantitative estimate of drug-likeness (QED) is 0.732. The van der Waals surface area contributed by atoms with Crippen molar-refractivity contribution in [2.45, 2.75) is 20.5 Å². The van der Waals surface area contributed by atoms with E-state index in [2.05, 4.69) is 24.9 Å². The summed E-state index contributed by atoms with van der Waals surface area (Å²) in [6, 6.07) is 13.9. The summed E-state index contributed by atoms with van der Waals surface area (Å²) in [7, 11) is 0. The molecule has 0 bridgehead atoms. The molecule has 1 heterocycles. The van der Waals surface area contributed by atoms with E-state index in [1.807, 2.05) is 36.4 Å². The van der Waals surface area contributed by atoms with Crippen LogP contribution in [0, 0.1) is 13.8 Å². The lowest BCUT2D eigenvalue weighted by atomic mass is 10.1.